The minimum absolute atomic E-state index is 0.155. The molecule has 1 N–H and O–H groups in total. The van der Waals surface area contributed by atoms with Crippen molar-refractivity contribution in [1.29, 1.82) is 0 Å². The predicted octanol–water partition coefficient (Wildman–Crippen LogP) is 3.65. The first-order valence-electron chi connectivity index (χ1n) is 10.8. The van der Waals surface area contributed by atoms with E-state index in [9.17, 15) is 4.79 Å². The number of nitrogens with one attached hydrogen (secondary N) is 1. The van der Waals surface area contributed by atoms with E-state index in [0.717, 1.165) is 17.6 Å². The Morgan fingerprint density at radius 1 is 1.13 bits per heavy atom. The highest BCUT2D eigenvalue weighted by Crippen LogP contribution is 2.41. The molecule has 1 saturated heterocycles. The van der Waals surface area contributed by atoms with Gasteiger partial charge in [0, 0.05) is 48.9 Å². The Morgan fingerprint density at radius 3 is 2.84 bits per heavy atom. The summed E-state index contributed by atoms with van der Waals surface area (Å²) in [5, 5.41) is 4.92. The Bertz CT molecular complexity index is 1340. The maximum atomic E-state index is 12.8. The SMILES string of the molecule is Cn1c2c(c3ccc(-n4ccc(OCc5ccccc5)cc4=O)nc31)C1CCC(C2)N1. The summed E-state index contributed by atoms with van der Waals surface area (Å²) < 4.78 is 9.58. The number of nitrogens with zero attached hydrogens (tertiary/aromatic N) is 3. The third kappa shape index (κ3) is 3.06. The average molecular weight is 412 g/mol. The van der Waals surface area contributed by atoms with E-state index in [4.69, 9.17) is 9.72 Å². The van der Waals surface area contributed by atoms with Crippen molar-refractivity contribution in [3.63, 3.8) is 0 Å². The summed E-state index contributed by atoms with van der Waals surface area (Å²) in [4.78, 5) is 17.7. The summed E-state index contributed by atoms with van der Waals surface area (Å²) in [5.41, 5.74) is 4.62. The monoisotopic (exact) mass is 412 g/mol. The molecule has 31 heavy (non-hydrogen) atoms. The number of ether oxygens (including phenoxy) is 1. The molecule has 0 spiro atoms. The molecule has 4 aromatic rings. The number of hydrogen-bond acceptors (Lipinski definition) is 4. The van der Waals surface area contributed by atoms with Crippen LogP contribution >= 0.6 is 0 Å². The fourth-order valence-electron chi connectivity index (χ4n) is 5.06. The van der Waals surface area contributed by atoms with Crippen LogP contribution in [0.1, 0.15) is 35.7 Å². The van der Waals surface area contributed by atoms with Gasteiger partial charge in [0.25, 0.3) is 5.56 Å². The van der Waals surface area contributed by atoms with Gasteiger partial charge in [-0.3, -0.25) is 9.36 Å². The molecule has 5 heterocycles. The first-order chi connectivity index (χ1) is 15.2. The summed E-state index contributed by atoms with van der Waals surface area (Å²) in [6.07, 6.45) is 5.20. The number of aromatic nitrogens is 3. The maximum absolute atomic E-state index is 12.8. The minimum atomic E-state index is -0.155. The summed E-state index contributed by atoms with van der Waals surface area (Å²) in [7, 11) is 2.09. The summed E-state index contributed by atoms with van der Waals surface area (Å²) in [6, 6.07) is 18.3. The van der Waals surface area contributed by atoms with E-state index in [1.165, 1.54) is 35.6 Å². The zero-order valence-electron chi connectivity index (χ0n) is 17.4. The molecule has 2 aliphatic heterocycles. The van der Waals surface area contributed by atoms with Crippen LogP contribution in [0, 0.1) is 0 Å². The van der Waals surface area contributed by atoms with Gasteiger partial charge in [0.2, 0.25) is 0 Å². The molecule has 0 radical (unpaired) electrons. The fraction of sp³-hybridized carbons (Fsp3) is 0.280. The van der Waals surface area contributed by atoms with Crippen LogP contribution in [0.15, 0.2) is 65.6 Å². The average Bonchev–Trinajstić information content (AvgIpc) is 3.31. The topological polar surface area (TPSA) is 61.1 Å². The van der Waals surface area contributed by atoms with E-state index < -0.39 is 0 Å². The zero-order valence-corrected chi connectivity index (χ0v) is 17.4. The van der Waals surface area contributed by atoms with Crippen molar-refractivity contribution in [3.05, 3.63) is 88.0 Å². The van der Waals surface area contributed by atoms with Crippen LogP contribution in [0.5, 0.6) is 5.75 Å². The van der Waals surface area contributed by atoms with Crippen LogP contribution in [-0.2, 0) is 20.1 Å². The smallest absolute Gasteiger partial charge is 0.259 e. The molecule has 0 saturated carbocycles. The molecule has 0 aliphatic carbocycles. The Hall–Kier alpha value is -3.38. The molecule has 156 valence electrons. The van der Waals surface area contributed by atoms with Crippen molar-refractivity contribution in [3.8, 4) is 11.6 Å². The third-order valence-electron chi connectivity index (χ3n) is 6.60. The zero-order chi connectivity index (χ0) is 20.9. The van der Waals surface area contributed by atoms with Crippen LogP contribution < -0.4 is 15.6 Å². The van der Waals surface area contributed by atoms with E-state index in [2.05, 4.69) is 23.0 Å². The van der Waals surface area contributed by atoms with Crippen LogP contribution in [0.2, 0.25) is 0 Å². The molecule has 2 unspecified atom stereocenters. The number of rotatable bonds is 4. The molecule has 6 rings (SSSR count). The normalized spacial score (nSPS) is 19.5. The van der Waals surface area contributed by atoms with Gasteiger partial charge < -0.3 is 14.6 Å². The van der Waals surface area contributed by atoms with Crippen LogP contribution in [0.25, 0.3) is 16.9 Å². The van der Waals surface area contributed by atoms with E-state index in [-0.39, 0.29) is 5.56 Å². The largest absolute Gasteiger partial charge is 0.489 e. The van der Waals surface area contributed by atoms with Gasteiger partial charge in [-0.15, -0.1) is 0 Å². The molecule has 6 nitrogen and oxygen atoms in total. The second kappa shape index (κ2) is 7.10. The van der Waals surface area contributed by atoms with Gasteiger partial charge in [0.15, 0.2) is 0 Å². The highest BCUT2D eigenvalue weighted by Gasteiger charge is 2.36. The second-order valence-corrected chi connectivity index (χ2v) is 8.50. The molecule has 0 amide bonds. The van der Waals surface area contributed by atoms with E-state index in [1.54, 1.807) is 10.8 Å². The molecule has 1 fully saturated rings. The number of fused-ring (bicyclic) bond motifs is 6. The lowest BCUT2D eigenvalue weighted by atomic mass is 10.00. The van der Waals surface area contributed by atoms with Crippen molar-refractivity contribution < 1.29 is 4.74 Å². The molecular weight excluding hydrogens is 388 g/mol. The lowest BCUT2D eigenvalue weighted by molar-refractivity contribution is 0.305. The van der Waals surface area contributed by atoms with Crippen molar-refractivity contribution >= 4 is 11.0 Å². The Kier molecular flexibility index (Phi) is 4.21. The summed E-state index contributed by atoms with van der Waals surface area (Å²) in [5.74, 6) is 1.19. The Morgan fingerprint density at radius 2 is 2.00 bits per heavy atom. The minimum Gasteiger partial charge on any atom is -0.489 e. The molecule has 2 atom stereocenters. The number of aryl methyl sites for hydroxylation is 1. The third-order valence-corrected chi connectivity index (χ3v) is 6.60. The van der Waals surface area contributed by atoms with E-state index in [0.29, 0.717) is 30.3 Å². The molecular formula is C25H24N4O2. The molecule has 6 heteroatoms. The molecule has 3 aromatic heterocycles. The first kappa shape index (κ1) is 18.4. The standard InChI is InChI=1S/C25H24N4O2/c1-28-21-13-17-7-9-20(26-17)24(21)19-8-10-22(27-25(19)28)29-12-11-18(14-23(29)30)31-15-16-5-3-2-4-6-16/h2-6,8,10-12,14,17,20,26H,7,9,13,15H2,1H3. The summed E-state index contributed by atoms with van der Waals surface area (Å²) >= 11 is 0. The molecule has 2 bridgehead atoms. The maximum Gasteiger partial charge on any atom is 0.259 e. The quantitative estimate of drug-likeness (QED) is 0.556. The van der Waals surface area contributed by atoms with Crippen LogP contribution in [0.4, 0.5) is 0 Å². The predicted molar refractivity (Wildman–Crippen MR) is 120 cm³/mol. The lowest BCUT2D eigenvalue weighted by Gasteiger charge is -2.22. The van der Waals surface area contributed by atoms with Gasteiger partial charge in [-0.25, -0.2) is 4.98 Å². The van der Waals surface area contributed by atoms with Gasteiger partial charge in [-0.05, 0) is 42.2 Å². The summed E-state index contributed by atoms with van der Waals surface area (Å²) in [6.45, 7) is 0.430. The Labute approximate surface area is 180 Å². The van der Waals surface area contributed by atoms with Crippen molar-refractivity contribution in [2.45, 2.75) is 38.0 Å². The van der Waals surface area contributed by atoms with Crippen LogP contribution in [-0.4, -0.2) is 20.2 Å². The second-order valence-electron chi connectivity index (χ2n) is 8.50. The van der Waals surface area contributed by atoms with Gasteiger partial charge in [-0.2, -0.15) is 0 Å². The number of hydrogen-bond donors (Lipinski definition) is 1. The highest BCUT2D eigenvalue weighted by molar-refractivity contribution is 5.84. The van der Waals surface area contributed by atoms with Crippen molar-refractivity contribution in [2.24, 2.45) is 7.05 Å². The fourth-order valence-corrected chi connectivity index (χ4v) is 5.06. The van der Waals surface area contributed by atoms with Crippen molar-refractivity contribution in [2.75, 3.05) is 0 Å². The van der Waals surface area contributed by atoms with Gasteiger partial charge >= 0.3 is 0 Å². The van der Waals surface area contributed by atoms with Gasteiger partial charge in [-0.1, -0.05) is 30.3 Å². The van der Waals surface area contributed by atoms with Crippen molar-refractivity contribution in [1.82, 2.24) is 19.4 Å². The number of benzene rings is 1. The number of pyridine rings is 2. The van der Waals surface area contributed by atoms with Crippen LogP contribution in [0.3, 0.4) is 0 Å². The lowest BCUT2D eigenvalue weighted by Crippen LogP contribution is -2.32. The first-order valence-corrected chi connectivity index (χ1v) is 10.8. The van der Waals surface area contributed by atoms with E-state index in [1.807, 2.05) is 42.5 Å². The Balaban J connectivity index is 1.32. The van der Waals surface area contributed by atoms with E-state index >= 15 is 0 Å². The molecule has 1 aromatic carbocycles. The van der Waals surface area contributed by atoms with Gasteiger partial charge in [0.1, 0.15) is 23.8 Å². The van der Waals surface area contributed by atoms with Gasteiger partial charge in [0.05, 0.1) is 0 Å². The molecule has 2 aliphatic rings. The highest BCUT2D eigenvalue weighted by atomic mass is 16.5.